The lowest BCUT2D eigenvalue weighted by Crippen LogP contribution is -2.37. The Morgan fingerprint density at radius 2 is 2.19 bits per heavy atom. The average Bonchev–Trinajstić information content (AvgIpc) is 2.87. The summed E-state index contributed by atoms with van der Waals surface area (Å²) in [4.78, 5) is 2.52. The van der Waals surface area contributed by atoms with Crippen molar-refractivity contribution < 1.29 is 0 Å². The van der Waals surface area contributed by atoms with Gasteiger partial charge in [0.1, 0.15) is 12.2 Å². The third-order valence-electron chi connectivity index (χ3n) is 3.14. The van der Waals surface area contributed by atoms with E-state index >= 15 is 0 Å². The van der Waals surface area contributed by atoms with Gasteiger partial charge in [-0.05, 0) is 32.9 Å². The molecular formula is C11H21N5. The van der Waals surface area contributed by atoms with E-state index in [1.165, 1.54) is 25.9 Å². The third kappa shape index (κ3) is 3.02. The van der Waals surface area contributed by atoms with Crippen molar-refractivity contribution in [2.45, 2.75) is 32.4 Å². The quantitative estimate of drug-likeness (QED) is 0.784. The van der Waals surface area contributed by atoms with Gasteiger partial charge in [-0.25, -0.2) is 0 Å². The fourth-order valence-electron chi connectivity index (χ4n) is 2.15. The van der Waals surface area contributed by atoms with Crippen LogP contribution in [0, 0.1) is 0 Å². The Morgan fingerprint density at radius 1 is 1.44 bits per heavy atom. The maximum atomic E-state index is 4.06. The number of nitrogens with one attached hydrogen (secondary N) is 1. The summed E-state index contributed by atoms with van der Waals surface area (Å²) in [6.07, 6.45) is 4.45. The molecule has 1 aliphatic heterocycles. The van der Waals surface area contributed by atoms with E-state index in [1.54, 1.807) is 6.33 Å². The standard InChI is InChI=1S/C11H21N5/c1-10(8-16-5-3-4-6-16)12-7-11-14-13-9-15(11)2/h9-10,12H,3-8H2,1-2H3. The SMILES string of the molecule is CC(CN1CCCC1)NCc1nncn1C. The molecule has 1 atom stereocenters. The molecule has 2 heterocycles. The summed E-state index contributed by atoms with van der Waals surface area (Å²) >= 11 is 0. The first kappa shape index (κ1) is 11.5. The van der Waals surface area contributed by atoms with Crippen LogP contribution in [0.25, 0.3) is 0 Å². The summed E-state index contributed by atoms with van der Waals surface area (Å²) in [6, 6.07) is 0.509. The van der Waals surface area contributed by atoms with Gasteiger partial charge < -0.3 is 14.8 Å². The van der Waals surface area contributed by atoms with Crippen LogP contribution in [0.4, 0.5) is 0 Å². The monoisotopic (exact) mass is 223 g/mol. The fraction of sp³-hybridized carbons (Fsp3) is 0.818. The van der Waals surface area contributed by atoms with Crippen LogP contribution in [0.3, 0.4) is 0 Å². The van der Waals surface area contributed by atoms with Crippen molar-refractivity contribution in [1.82, 2.24) is 25.0 Å². The summed E-state index contributed by atoms with van der Waals surface area (Å²) in [5.41, 5.74) is 0. The third-order valence-corrected chi connectivity index (χ3v) is 3.14. The van der Waals surface area contributed by atoms with Gasteiger partial charge in [0, 0.05) is 19.6 Å². The van der Waals surface area contributed by atoms with Crippen LogP contribution in [0.2, 0.25) is 0 Å². The van der Waals surface area contributed by atoms with Crippen molar-refractivity contribution in [1.29, 1.82) is 0 Å². The molecule has 1 aromatic heterocycles. The first-order valence-electron chi connectivity index (χ1n) is 6.04. The molecule has 0 aromatic carbocycles. The normalized spacial score (nSPS) is 19.1. The van der Waals surface area contributed by atoms with Gasteiger partial charge in [0.25, 0.3) is 0 Å². The fourth-order valence-corrected chi connectivity index (χ4v) is 2.15. The van der Waals surface area contributed by atoms with Gasteiger partial charge >= 0.3 is 0 Å². The first-order chi connectivity index (χ1) is 7.75. The van der Waals surface area contributed by atoms with Crippen LogP contribution >= 0.6 is 0 Å². The van der Waals surface area contributed by atoms with Crippen molar-refractivity contribution in [2.24, 2.45) is 7.05 Å². The van der Waals surface area contributed by atoms with Gasteiger partial charge in [0.15, 0.2) is 0 Å². The minimum Gasteiger partial charge on any atom is -0.320 e. The molecule has 1 saturated heterocycles. The van der Waals surface area contributed by atoms with Gasteiger partial charge in [-0.2, -0.15) is 0 Å². The predicted octanol–water partition coefficient (Wildman–Crippen LogP) is 0.389. The molecule has 0 amide bonds. The predicted molar refractivity (Wildman–Crippen MR) is 63.0 cm³/mol. The molecule has 16 heavy (non-hydrogen) atoms. The van der Waals surface area contributed by atoms with Gasteiger partial charge in [-0.1, -0.05) is 0 Å². The van der Waals surface area contributed by atoms with Gasteiger partial charge in [0.05, 0.1) is 6.54 Å². The maximum absolute atomic E-state index is 4.06. The molecule has 0 aliphatic carbocycles. The summed E-state index contributed by atoms with van der Waals surface area (Å²) in [6.45, 7) is 6.68. The summed E-state index contributed by atoms with van der Waals surface area (Å²) in [5, 5.41) is 11.4. The number of nitrogens with zero attached hydrogens (tertiary/aromatic N) is 4. The van der Waals surface area contributed by atoms with E-state index in [9.17, 15) is 0 Å². The Bertz CT molecular complexity index is 316. The van der Waals surface area contributed by atoms with E-state index in [0.29, 0.717) is 6.04 Å². The zero-order chi connectivity index (χ0) is 11.4. The van der Waals surface area contributed by atoms with Crippen LogP contribution in [0.15, 0.2) is 6.33 Å². The number of aromatic nitrogens is 3. The van der Waals surface area contributed by atoms with Crippen LogP contribution in [-0.2, 0) is 13.6 Å². The highest BCUT2D eigenvalue weighted by Gasteiger charge is 2.14. The molecule has 0 bridgehead atoms. The van der Waals surface area contributed by atoms with E-state index in [2.05, 4.69) is 27.3 Å². The molecule has 90 valence electrons. The molecule has 5 nitrogen and oxygen atoms in total. The minimum absolute atomic E-state index is 0.509. The summed E-state index contributed by atoms with van der Waals surface area (Å²) in [5.74, 6) is 0.994. The van der Waals surface area contributed by atoms with Gasteiger partial charge in [-0.3, -0.25) is 0 Å². The number of rotatable bonds is 5. The van der Waals surface area contributed by atoms with E-state index < -0.39 is 0 Å². The van der Waals surface area contributed by atoms with Crippen LogP contribution in [-0.4, -0.2) is 45.3 Å². The lowest BCUT2D eigenvalue weighted by Gasteiger charge is -2.20. The number of hydrogen-bond donors (Lipinski definition) is 1. The lowest BCUT2D eigenvalue weighted by atomic mass is 10.3. The van der Waals surface area contributed by atoms with Crippen LogP contribution in [0.5, 0.6) is 0 Å². The summed E-state index contributed by atoms with van der Waals surface area (Å²) in [7, 11) is 1.97. The van der Waals surface area contributed by atoms with Crippen molar-refractivity contribution in [3.8, 4) is 0 Å². The second kappa shape index (κ2) is 5.41. The van der Waals surface area contributed by atoms with Crippen molar-refractivity contribution >= 4 is 0 Å². The highest BCUT2D eigenvalue weighted by molar-refractivity contribution is 4.84. The zero-order valence-corrected chi connectivity index (χ0v) is 10.2. The number of hydrogen-bond acceptors (Lipinski definition) is 4. The lowest BCUT2D eigenvalue weighted by molar-refractivity contribution is 0.297. The topological polar surface area (TPSA) is 46.0 Å². The number of likely N-dealkylation sites (tertiary alicyclic amines) is 1. The van der Waals surface area contributed by atoms with E-state index in [0.717, 1.165) is 18.9 Å². The van der Waals surface area contributed by atoms with Crippen molar-refractivity contribution in [2.75, 3.05) is 19.6 Å². The maximum Gasteiger partial charge on any atom is 0.146 e. The molecule has 1 N–H and O–H groups in total. The Morgan fingerprint density at radius 3 is 2.81 bits per heavy atom. The number of aryl methyl sites for hydroxylation is 1. The van der Waals surface area contributed by atoms with Gasteiger partial charge in [0.2, 0.25) is 0 Å². The minimum atomic E-state index is 0.509. The van der Waals surface area contributed by atoms with Crippen molar-refractivity contribution in [3.63, 3.8) is 0 Å². The molecule has 1 aliphatic rings. The molecule has 1 aromatic rings. The zero-order valence-electron chi connectivity index (χ0n) is 10.2. The second-order valence-corrected chi connectivity index (χ2v) is 4.65. The second-order valence-electron chi connectivity index (χ2n) is 4.65. The van der Waals surface area contributed by atoms with E-state index in [4.69, 9.17) is 0 Å². The molecule has 2 rings (SSSR count). The Kier molecular flexibility index (Phi) is 3.90. The molecule has 5 heteroatoms. The molecule has 0 spiro atoms. The van der Waals surface area contributed by atoms with Crippen LogP contribution < -0.4 is 5.32 Å². The highest BCUT2D eigenvalue weighted by atomic mass is 15.3. The average molecular weight is 223 g/mol. The first-order valence-corrected chi connectivity index (χ1v) is 6.04. The molecule has 0 saturated carbocycles. The molecular weight excluding hydrogens is 202 g/mol. The summed E-state index contributed by atoms with van der Waals surface area (Å²) < 4.78 is 1.95. The van der Waals surface area contributed by atoms with E-state index in [-0.39, 0.29) is 0 Å². The smallest absolute Gasteiger partial charge is 0.146 e. The Hall–Kier alpha value is -0.940. The Labute approximate surface area is 96.8 Å². The molecule has 1 unspecified atom stereocenters. The van der Waals surface area contributed by atoms with Gasteiger partial charge in [-0.15, -0.1) is 10.2 Å². The molecule has 0 radical (unpaired) electrons. The van der Waals surface area contributed by atoms with Crippen LogP contribution in [0.1, 0.15) is 25.6 Å². The molecule has 1 fully saturated rings. The largest absolute Gasteiger partial charge is 0.320 e. The highest BCUT2D eigenvalue weighted by Crippen LogP contribution is 2.07. The van der Waals surface area contributed by atoms with E-state index in [1.807, 2.05) is 11.6 Å². The van der Waals surface area contributed by atoms with Crippen molar-refractivity contribution in [3.05, 3.63) is 12.2 Å². The Balaban J connectivity index is 1.71.